The Bertz CT molecular complexity index is 588. The first-order chi connectivity index (χ1) is 8.97. The molecule has 0 atom stereocenters. The number of ether oxygens (including phenoxy) is 1. The predicted molar refractivity (Wildman–Crippen MR) is 80.9 cm³/mol. The van der Waals surface area contributed by atoms with E-state index < -0.39 is 0 Å². The van der Waals surface area contributed by atoms with Crippen LogP contribution in [0, 0.1) is 13.8 Å². The molecule has 0 fully saturated rings. The van der Waals surface area contributed by atoms with Gasteiger partial charge in [0.25, 0.3) is 0 Å². The fourth-order valence-corrected chi connectivity index (χ4v) is 1.93. The third-order valence-electron chi connectivity index (χ3n) is 3.27. The quantitative estimate of drug-likeness (QED) is 0.799. The lowest BCUT2D eigenvalue weighted by Gasteiger charge is -2.14. The van der Waals surface area contributed by atoms with Gasteiger partial charge in [-0.25, -0.2) is 0 Å². The summed E-state index contributed by atoms with van der Waals surface area (Å²) in [6.07, 6.45) is 0. The van der Waals surface area contributed by atoms with Crippen molar-refractivity contribution in [1.82, 2.24) is 0 Å². The van der Waals surface area contributed by atoms with E-state index >= 15 is 0 Å². The Hall–Kier alpha value is -1.96. The summed E-state index contributed by atoms with van der Waals surface area (Å²) < 4.78 is 5.99. The number of benzene rings is 2. The fraction of sp³-hybridized carbons (Fsp3) is 0.294. The summed E-state index contributed by atoms with van der Waals surface area (Å²) in [7, 11) is 0. The topological polar surface area (TPSA) is 35.2 Å². The first-order valence-corrected chi connectivity index (χ1v) is 6.62. The molecule has 0 saturated heterocycles. The van der Waals surface area contributed by atoms with Crippen LogP contribution in [-0.2, 0) is 0 Å². The Morgan fingerprint density at radius 2 is 1.68 bits per heavy atom. The monoisotopic (exact) mass is 255 g/mol. The fourth-order valence-electron chi connectivity index (χ4n) is 1.93. The van der Waals surface area contributed by atoms with Crippen LogP contribution in [-0.4, -0.2) is 0 Å². The molecule has 2 N–H and O–H groups in total. The molecular weight excluding hydrogens is 234 g/mol. The number of aryl methyl sites for hydroxylation is 2. The van der Waals surface area contributed by atoms with Crippen LogP contribution in [0.2, 0.25) is 0 Å². The highest BCUT2D eigenvalue weighted by Gasteiger charge is 2.08. The van der Waals surface area contributed by atoms with Gasteiger partial charge in [-0.05, 0) is 54.7 Å². The van der Waals surface area contributed by atoms with Gasteiger partial charge in [-0.3, -0.25) is 0 Å². The molecule has 100 valence electrons. The lowest BCUT2D eigenvalue weighted by atomic mass is 10.0. The normalized spacial score (nSPS) is 10.8. The predicted octanol–water partition coefficient (Wildman–Crippen LogP) is 4.80. The third-order valence-corrected chi connectivity index (χ3v) is 3.27. The molecule has 0 saturated carbocycles. The summed E-state index contributed by atoms with van der Waals surface area (Å²) in [6, 6.07) is 12.2. The molecule has 2 nitrogen and oxygen atoms in total. The van der Waals surface area contributed by atoms with Crippen LogP contribution < -0.4 is 10.5 Å². The molecule has 2 aromatic rings. The van der Waals surface area contributed by atoms with Gasteiger partial charge in [0.15, 0.2) is 5.75 Å². The van der Waals surface area contributed by atoms with Gasteiger partial charge < -0.3 is 10.5 Å². The lowest BCUT2D eigenvalue weighted by Crippen LogP contribution is -1.96. The van der Waals surface area contributed by atoms with Crippen LogP contribution in [0.5, 0.6) is 11.5 Å². The highest BCUT2D eigenvalue weighted by molar-refractivity contribution is 5.56. The molecule has 19 heavy (non-hydrogen) atoms. The molecular formula is C17H21NO. The van der Waals surface area contributed by atoms with Crippen molar-refractivity contribution in [1.29, 1.82) is 0 Å². The van der Waals surface area contributed by atoms with Crippen LogP contribution in [0.25, 0.3) is 0 Å². The zero-order chi connectivity index (χ0) is 14.0. The molecule has 0 heterocycles. The van der Waals surface area contributed by atoms with E-state index in [2.05, 4.69) is 32.0 Å². The van der Waals surface area contributed by atoms with E-state index in [4.69, 9.17) is 10.5 Å². The SMILES string of the molecule is Cc1ccc(N)c(Oc2cc(C(C)C)ccc2C)c1. The molecule has 0 bridgehead atoms. The van der Waals surface area contributed by atoms with Crippen molar-refractivity contribution in [3.63, 3.8) is 0 Å². The number of rotatable bonds is 3. The Labute approximate surface area is 115 Å². The summed E-state index contributed by atoms with van der Waals surface area (Å²) in [5.41, 5.74) is 10.2. The van der Waals surface area contributed by atoms with Gasteiger partial charge in [-0.1, -0.05) is 32.0 Å². The van der Waals surface area contributed by atoms with Gasteiger partial charge in [0.2, 0.25) is 0 Å². The second-order valence-electron chi connectivity index (χ2n) is 5.32. The summed E-state index contributed by atoms with van der Waals surface area (Å²) in [5, 5.41) is 0. The first-order valence-electron chi connectivity index (χ1n) is 6.62. The zero-order valence-corrected chi connectivity index (χ0v) is 12.0. The van der Waals surface area contributed by atoms with Crippen LogP contribution in [0.15, 0.2) is 36.4 Å². The second kappa shape index (κ2) is 5.35. The van der Waals surface area contributed by atoms with Gasteiger partial charge in [-0.15, -0.1) is 0 Å². The van der Waals surface area contributed by atoms with E-state index in [9.17, 15) is 0 Å². The number of nitrogens with two attached hydrogens (primary N) is 1. The number of hydrogen-bond donors (Lipinski definition) is 1. The molecule has 0 unspecified atom stereocenters. The second-order valence-corrected chi connectivity index (χ2v) is 5.32. The lowest BCUT2D eigenvalue weighted by molar-refractivity contribution is 0.479. The smallest absolute Gasteiger partial charge is 0.150 e. The molecule has 2 rings (SSSR count). The number of anilines is 1. The van der Waals surface area contributed by atoms with Gasteiger partial charge in [0.1, 0.15) is 5.75 Å². The van der Waals surface area contributed by atoms with E-state index in [0.717, 1.165) is 22.6 Å². The van der Waals surface area contributed by atoms with Gasteiger partial charge in [0, 0.05) is 0 Å². The molecule has 0 aromatic heterocycles. The van der Waals surface area contributed by atoms with Crippen LogP contribution in [0.1, 0.15) is 36.5 Å². The highest BCUT2D eigenvalue weighted by Crippen LogP contribution is 2.32. The maximum absolute atomic E-state index is 5.99. The Morgan fingerprint density at radius 3 is 2.37 bits per heavy atom. The van der Waals surface area contributed by atoms with Crippen molar-refractivity contribution in [3.05, 3.63) is 53.1 Å². The van der Waals surface area contributed by atoms with Crippen molar-refractivity contribution in [2.45, 2.75) is 33.6 Å². The zero-order valence-electron chi connectivity index (χ0n) is 12.0. The molecule has 0 aliphatic heterocycles. The van der Waals surface area contributed by atoms with Crippen molar-refractivity contribution < 1.29 is 4.74 Å². The Balaban J connectivity index is 2.37. The minimum Gasteiger partial charge on any atom is -0.455 e. The molecule has 0 aliphatic carbocycles. The minimum absolute atomic E-state index is 0.484. The standard InChI is InChI=1S/C17H21NO/c1-11(2)14-7-6-13(4)16(10-14)19-17-9-12(3)5-8-15(17)18/h5-11H,18H2,1-4H3. The van der Waals surface area contributed by atoms with Crippen molar-refractivity contribution in [2.24, 2.45) is 0 Å². The number of hydrogen-bond acceptors (Lipinski definition) is 2. The van der Waals surface area contributed by atoms with Crippen LogP contribution >= 0.6 is 0 Å². The Morgan fingerprint density at radius 1 is 0.947 bits per heavy atom. The summed E-state index contributed by atoms with van der Waals surface area (Å²) in [4.78, 5) is 0. The van der Waals surface area contributed by atoms with Crippen LogP contribution in [0.3, 0.4) is 0 Å². The third kappa shape index (κ3) is 3.08. The van der Waals surface area contributed by atoms with Crippen molar-refractivity contribution in [2.75, 3.05) is 5.73 Å². The van der Waals surface area contributed by atoms with Gasteiger partial charge >= 0.3 is 0 Å². The van der Waals surface area contributed by atoms with E-state index in [0.29, 0.717) is 11.6 Å². The molecule has 0 aliphatic rings. The van der Waals surface area contributed by atoms with Gasteiger partial charge in [0.05, 0.1) is 5.69 Å². The minimum atomic E-state index is 0.484. The summed E-state index contributed by atoms with van der Waals surface area (Å²) >= 11 is 0. The first kappa shape index (κ1) is 13.5. The van der Waals surface area contributed by atoms with Crippen LogP contribution in [0.4, 0.5) is 5.69 Å². The van der Waals surface area contributed by atoms with Crippen molar-refractivity contribution in [3.8, 4) is 11.5 Å². The molecule has 0 amide bonds. The van der Waals surface area contributed by atoms with Gasteiger partial charge in [-0.2, -0.15) is 0 Å². The van der Waals surface area contributed by atoms with E-state index in [1.165, 1.54) is 5.56 Å². The Kier molecular flexibility index (Phi) is 3.79. The highest BCUT2D eigenvalue weighted by atomic mass is 16.5. The van der Waals surface area contributed by atoms with E-state index in [1.807, 2.05) is 32.0 Å². The maximum atomic E-state index is 5.99. The molecule has 2 heteroatoms. The van der Waals surface area contributed by atoms with Crippen molar-refractivity contribution >= 4 is 5.69 Å². The molecule has 2 aromatic carbocycles. The maximum Gasteiger partial charge on any atom is 0.150 e. The average Bonchev–Trinajstić information content (AvgIpc) is 2.36. The molecule has 0 spiro atoms. The largest absolute Gasteiger partial charge is 0.455 e. The molecule has 0 radical (unpaired) electrons. The number of nitrogen functional groups attached to an aromatic ring is 1. The summed E-state index contributed by atoms with van der Waals surface area (Å²) in [5.74, 6) is 2.09. The van der Waals surface area contributed by atoms with E-state index in [1.54, 1.807) is 0 Å². The average molecular weight is 255 g/mol. The summed E-state index contributed by atoms with van der Waals surface area (Å²) in [6.45, 7) is 8.43. The van der Waals surface area contributed by atoms with E-state index in [-0.39, 0.29) is 0 Å².